The molecule has 102 valence electrons. The Morgan fingerprint density at radius 3 is 2.68 bits per heavy atom. The van der Waals surface area contributed by atoms with Crippen LogP contribution in [0.5, 0.6) is 0 Å². The number of rotatable bonds is 3. The first-order valence-corrected chi connectivity index (χ1v) is 6.50. The lowest BCUT2D eigenvalue weighted by Crippen LogP contribution is -2.25. The van der Waals surface area contributed by atoms with Crippen molar-refractivity contribution in [1.29, 1.82) is 0 Å². The van der Waals surface area contributed by atoms with E-state index in [1.54, 1.807) is 0 Å². The smallest absolute Gasteiger partial charge is 0.157 e. The second kappa shape index (κ2) is 6.85. The van der Waals surface area contributed by atoms with Gasteiger partial charge in [0.1, 0.15) is 0 Å². The molecule has 1 fully saturated rings. The van der Waals surface area contributed by atoms with Crippen LogP contribution in [0.4, 0.5) is 0 Å². The van der Waals surface area contributed by atoms with Crippen molar-refractivity contribution in [2.45, 2.75) is 25.6 Å². The fourth-order valence-electron chi connectivity index (χ4n) is 2.22. The van der Waals surface area contributed by atoms with Crippen LogP contribution in [0.3, 0.4) is 0 Å². The van der Waals surface area contributed by atoms with Crippen LogP contribution in [0.25, 0.3) is 10.9 Å². The average Bonchev–Trinajstić information content (AvgIpc) is 2.46. The predicted octanol–water partition coefficient (Wildman–Crippen LogP) is 3.35. The van der Waals surface area contributed by atoms with E-state index in [4.69, 9.17) is 9.47 Å². The van der Waals surface area contributed by atoms with Gasteiger partial charge in [0.2, 0.25) is 0 Å². The molecule has 0 amide bonds. The van der Waals surface area contributed by atoms with Gasteiger partial charge >= 0.3 is 0 Å². The van der Waals surface area contributed by atoms with Crippen LogP contribution in [0.15, 0.2) is 36.4 Å². The zero-order chi connectivity index (χ0) is 12.2. The monoisotopic (exact) mass is 279 g/mol. The molecule has 3 rings (SSSR count). The molecule has 0 aliphatic carbocycles. The van der Waals surface area contributed by atoms with E-state index in [1.165, 1.54) is 5.39 Å². The van der Waals surface area contributed by atoms with E-state index < -0.39 is 0 Å². The summed E-state index contributed by atoms with van der Waals surface area (Å²) in [6.45, 7) is 1.63. The number of hydrogen-bond acceptors (Lipinski definition) is 3. The molecule has 1 saturated heterocycles. The van der Waals surface area contributed by atoms with Crippen LogP contribution in [0.2, 0.25) is 0 Å². The first kappa shape index (κ1) is 14.3. The molecule has 19 heavy (non-hydrogen) atoms. The molecule has 0 atom stereocenters. The number of halogens is 1. The van der Waals surface area contributed by atoms with Gasteiger partial charge in [-0.25, -0.2) is 0 Å². The van der Waals surface area contributed by atoms with Gasteiger partial charge in [-0.1, -0.05) is 24.3 Å². The molecule has 2 aromatic rings. The van der Waals surface area contributed by atoms with Crippen LogP contribution in [0, 0.1) is 0 Å². The fraction of sp³-hybridized carbons (Fsp3) is 0.400. The van der Waals surface area contributed by atoms with Crippen LogP contribution in [-0.4, -0.2) is 24.5 Å². The highest BCUT2D eigenvalue weighted by atomic mass is 35.5. The molecule has 2 heterocycles. The van der Waals surface area contributed by atoms with Gasteiger partial charge in [-0.3, -0.25) is 4.98 Å². The quantitative estimate of drug-likeness (QED) is 0.863. The molecule has 0 saturated carbocycles. The standard InChI is InChI=1S/C15H17NO2.ClH/c1-2-5-14-12(4-1)6-7-13(16-14)8-9-15-17-10-3-11-18-15;/h1-2,4-7,15H,3,8-11H2;1H. The summed E-state index contributed by atoms with van der Waals surface area (Å²) in [6.07, 6.45) is 2.73. The lowest BCUT2D eigenvalue weighted by molar-refractivity contribution is -0.180. The summed E-state index contributed by atoms with van der Waals surface area (Å²) in [4.78, 5) is 4.65. The van der Waals surface area contributed by atoms with Crippen molar-refractivity contribution in [3.05, 3.63) is 42.1 Å². The number of nitrogens with zero attached hydrogens (tertiary/aromatic N) is 1. The van der Waals surface area contributed by atoms with E-state index in [1.807, 2.05) is 18.2 Å². The third-order valence-electron chi connectivity index (χ3n) is 3.19. The van der Waals surface area contributed by atoms with Gasteiger partial charge in [0.25, 0.3) is 0 Å². The van der Waals surface area contributed by atoms with E-state index >= 15 is 0 Å². The number of benzene rings is 1. The number of fused-ring (bicyclic) bond motifs is 1. The Bertz CT molecular complexity index is 526. The first-order valence-electron chi connectivity index (χ1n) is 6.50. The minimum Gasteiger partial charge on any atom is -0.353 e. The summed E-state index contributed by atoms with van der Waals surface area (Å²) in [5.41, 5.74) is 2.16. The van der Waals surface area contributed by atoms with E-state index in [0.29, 0.717) is 0 Å². The average molecular weight is 280 g/mol. The lowest BCUT2D eigenvalue weighted by atomic mass is 10.1. The van der Waals surface area contributed by atoms with Gasteiger partial charge < -0.3 is 9.47 Å². The summed E-state index contributed by atoms with van der Waals surface area (Å²) >= 11 is 0. The number of ether oxygens (including phenoxy) is 2. The van der Waals surface area contributed by atoms with Gasteiger partial charge in [0, 0.05) is 17.5 Å². The molecule has 0 unspecified atom stereocenters. The third kappa shape index (κ3) is 3.66. The number of aromatic nitrogens is 1. The Balaban J connectivity index is 0.00000133. The van der Waals surface area contributed by atoms with Crippen molar-refractivity contribution in [3.8, 4) is 0 Å². The Kier molecular flexibility index (Phi) is 5.14. The highest BCUT2D eigenvalue weighted by Crippen LogP contribution is 2.15. The summed E-state index contributed by atoms with van der Waals surface area (Å²) in [5, 5.41) is 1.19. The van der Waals surface area contributed by atoms with Crippen molar-refractivity contribution in [2.24, 2.45) is 0 Å². The number of para-hydroxylation sites is 1. The van der Waals surface area contributed by atoms with Crippen LogP contribution >= 0.6 is 12.4 Å². The number of hydrogen-bond donors (Lipinski definition) is 0. The molecule has 0 spiro atoms. The van der Waals surface area contributed by atoms with Gasteiger partial charge in [-0.15, -0.1) is 12.4 Å². The predicted molar refractivity (Wildman–Crippen MR) is 77.6 cm³/mol. The topological polar surface area (TPSA) is 31.4 Å². The number of pyridine rings is 1. The van der Waals surface area contributed by atoms with Crippen LogP contribution < -0.4 is 0 Å². The fourth-order valence-corrected chi connectivity index (χ4v) is 2.22. The van der Waals surface area contributed by atoms with Gasteiger partial charge in [-0.05, 0) is 25.0 Å². The molecule has 4 heteroatoms. The highest BCUT2D eigenvalue weighted by molar-refractivity contribution is 5.85. The third-order valence-corrected chi connectivity index (χ3v) is 3.19. The minimum absolute atomic E-state index is 0. The highest BCUT2D eigenvalue weighted by Gasteiger charge is 2.14. The Hall–Kier alpha value is -1.16. The van der Waals surface area contributed by atoms with Crippen molar-refractivity contribution in [1.82, 2.24) is 4.98 Å². The second-order valence-corrected chi connectivity index (χ2v) is 4.56. The number of aryl methyl sites for hydroxylation is 1. The Labute approximate surface area is 119 Å². The molecular weight excluding hydrogens is 262 g/mol. The first-order chi connectivity index (χ1) is 8.92. The normalized spacial score (nSPS) is 16.2. The summed E-state index contributed by atoms with van der Waals surface area (Å²) < 4.78 is 11.1. The molecule has 1 aliphatic heterocycles. The maximum absolute atomic E-state index is 5.54. The van der Waals surface area contributed by atoms with Gasteiger partial charge in [0.05, 0.1) is 18.7 Å². The molecule has 0 N–H and O–H groups in total. The van der Waals surface area contributed by atoms with Crippen molar-refractivity contribution in [2.75, 3.05) is 13.2 Å². The maximum atomic E-state index is 5.54. The molecule has 1 aromatic carbocycles. The molecule has 0 bridgehead atoms. The van der Waals surface area contributed by atoms with Crippen molar-refractivity contribution < 1.29 is 9.47 Å². The zero-order valence-corrected chi connectivity index (χ0v) is 11.6. The molecule has 1 aromatic heterocycles. The van der Waals surface area contributed by atoms with Gasteiger partial charge in [-0.2, -0.15) is 0 Å². The molecule has 0 radical (unpaired) electrons. The second-order valence-electron chi connectivity index (χ2n) is 4.56. The largest absolute Gasteiger partial charge is 0.353 e. The van der Waals surface area contributed by atoms with Crippen LogP contribution in [0.1, 0.15) is 18.5 Å². The summed E-state index contributed by atoms with van der Waals surface area (Å²) in [6, 6.07) is 12.4. The van der Waals surface area contributed by atoms with E-state index in [0.717, 1.165) is 43.7 Å². The van der Waals surface area contributed by atoms with Gasteiger partial charge in [0.15, 0.2) is 6.29 Å². The zero-order valence-electron chi connectivity index (χ0n) is 10.7. The van der Waals surface area contributed by atoms with Crippen molar-refractivity contribution in [3.63, 3.8) is 0 Å². The maximum Gasteiger partial charge on any atom is 0.157 e. The SMILES string of the molecule is Cl.c1ccc2nc(CCC3OCCCO3)ccc2c1. The van der Waals surface area contributed by atoms with Crippen molar-refractivity contribution >= 4 is 23.3 Å². The molecular formula is C15H18ClNO2. The Morgan fingerprint density at radius 1 is 1.05 bits per heavy atom. The molecule has 1 aliphatic rings. The van der Waals surface area contributed by atoms with E-state index in [-0.39, 0.29) is 18.7 Å². The summed E-state index contributed by atoms with van der Waals surface area (Å²) in [5.74, 6) is 0. The summed E-state index contributed by atoms with van der Waals surface area (Å²) in [7, 11) is 0. The van der Waals surface area contributed by atoms with E-state index in [2.05, 4.69) is 23.2 Å². The lowest BCUT2D eigenvalue weighted by Gasteiger charge is -2.22. The Morgan fingerprint density at radius 2 is 1.84 bits per heavy atom. The van der Waals surface area contributed by atoms with E-state index in [9.17, 15) is 0 Å². The minimum atomic E-state index is -0.0491. The molecule has 3 nitrogen and oxygen atoms in total. The van der Waals surface area contributed by atoms with Crippen LogP contribution in [-0.2, 0) is 15.9 Å².